The third kappa shape index (κ3) is 3.41. The van der Waals surface area contributed by atoms with Crippen LogP contribution in [0.15, 0.2) is 18.2 Å². The summed E-state index contributed by atoms with van der Waals surface area (Å²) in [5.41, 5.74) is 4.47. The molecule has 0 heterocycles. The molecule has 3 radical (unpaired) electrons. The van der Waals surface area contributed by atoms with Crippen LogP contribution in [0.3, 0.4) is 0 Å². The molecule has 18 heavy (non-hydrogen) atoms. The summed E-state index contributed by atoms with van der Waals surface area (Å²) in [6.07, 6.45) is 0. The third-order valence-electron chi connectivity index (χ3n) is 3.24. The van der Waals surface area contributed by atoms with Crippen LogP contribution < -0.4 is 3.52 Å². The molecule has 0 fully saturated rings. The van der Waals surface area contributed by atoms with E-state index in [2.05, 4.69) is 85.8 Å². The number of para-hydroxylation sites is 1. The van der Waals surface area contributed by atoms with Gasteiger partial charge >= 0.3 is 123 Å². The fourth-order valence-electron chi connectivity index (χ4n) is 2.11. The number of benzene rings is 1. The Morgan fingerprint density at radius 3 is 1.61 bits per heavy atom. The van der Waals surface area contributed by atoms with Crippen LogP contribution in [0.4, 0.5) is 5.69 Å². The summed E-state index contributed by atoms with van der Waals surface area (Å²) in [7, 11) is -1.32. The first-order valence-corrected chi connectivity index (χ1v) is 11.2. The maximum absolute atomic E-state index is 2.57. The summed E-state index contributed by atoms with van der Waals surface area (Å²) in [6, 6.07) is 6.80. The second kappa shape index (κ2) is 5.83. The number of hydrogen-bond acceptors (Lipinski definition) is 1. The molecule has 0 amide bonds. The van der Waals surface area contributed by atoms with Crippen molar-refractivity contribution in [3.05, 3.63) is 29.3 Å². The molecule has 1 aromatic carbocycles. The summed E-state index contributed by atoms with van der Waals surface area (Å²) in [4.78, 5) is 0. The van der Waals surface area contributed by atoms with Crippen LogP contribution in [0, 0.1) is 0 Å². The number of nitrogens with zero attached hydrogens (tertiary/aromatic N) is 1. The molecule has 0 N–H and O–H groups in total. The van der Waals surface area contributed by atoms with E-state index in [4.69, 9.17) is 0 Å². The van der Waals surface area contributed by atoms with E-state index in [1.54, 1.807) is 0 Å². The molecular weight excluding hydrogens is 295 g/mol. The minimum absolute atomic E-state index is 0.581. The van der Waals surface area contributed by atoms with E-state index in [9.17, 15) is 0 Å². The summed E-state index contributed by atoms with van der Waals surface area (Å²) in [6.45, 7) is 16.4. The molecule has 0 spiro atoms. The summed E-state index contributed by atoms with van der Waals surface area (Å²) >= 11 is 2.28. The predicted octanol–water partition coefficient (Wildman–Crippen LogP) is 4.66. The van der Waals surface area contributed by atoms with Crippen molar-refractivity contribution in [1.29, 1.82) is 0 Å². The molecule has 0 unspecified atom stereocenters. The number of hydrogen-bond donors (Lipinski definition) is 0. The zero-order valence-corrected chi connectivity index (χ0v) is 15.9. The van der Waals surface area contributed by atoms with Gasteiger partial charge in [0.1, 0.15) is 0 Å². The third-order valence-corrected chi connectivity index (χ3v) is 9.49. The average molecular weight is 321 g/mol. The van der Waals surface area contributed by atoms with E-state index in [1.165, 1.54) is 16.8 Å². The van der Waals surface area contributed by atoms with Gasteiger partial charge in [0.2, 0.25) is 0 Å². The molecule has 1 rings (SSSR count). The van der Waals surface area contributed by atoms with Crippen molar-refractivity contribution >= 4 is 30.7 Å². The van der Waals surface area contributed by atoms with Crippen molar-refractivity contribution in [3.8, 4) is 0 Å². The topological polar surface area (TPSA) is 3.24 Å². The van der Waals surface area contributed by atoms with Crippen molar-refractivity contribution < 1.29 is 0 Å². The van der Waals surface area contributed by atoms with Crippen molar-refractivity contribution in [3.63, 3.8) is 0 Å². The number of rotatable bonds is 4. The van der Waals surface area contributed by atoms with Crippen LogP contribution in [0.2, 0.25) is 19.6 Å². The second-order valence-electron chi connectivity index (χ2n) is 6.60. The van der Waals surface area contributed by atoms with Crippen molar-refractivity contribution in [2.45, 2.75) is 59.2 Å². The quantitative estimate of drug-likeness (QED) is 0.729. The standard InChI is InChI=1S/C15H26GeNSi/c1-11(2)13-9-8-10-14(12(3)4)15(13)17(16)18(5,6)7/h8-12H,1-7H3. The van der Waals surface area contributed by atoms with Crippen molar-refractivity contribution in [1.82, 2.24) is 0 Å². The van der Waals surface area contributed by atoms with Gasteiger partial charge in [-0.15, -0.1) is 0 Å². The fourth-order valence-corrected chi connectivity index (χ4v) is 3.58. The SMILES string of the molecule is CC(C)c1cccc(C(C)C)c1[N]([Ge])[Si](C)(C)C. The van der Waals surface area contributed by atoms with E-state index >= 15 is 0 Å². The minimum atomic E-state index is -1.32. The Bertz CT molecular complexity index is 381. The summed E-state index contributed by atoms with van der Waals surface area (Å²) in [5, 5.41) is 0. The molecule has 0 aliphatic heterocycles. The molecule has 1 aromatic rings. The Balaban J connectivity index is 3.45. The summed E-state index contributed by atoms with van der Waals surface area (Å²) in [5.74, 6) is 1.16. The molecule has 1 nitrogen and oxygen atoms in total. The van der Waals surface area contributed by atoms with Gasteiger partial charge in [-0.1, -0.05) is 0 Å². The molecule has 0 saturated heterocycles. The van der Waals surface area contributed by atoms with Gasteiger partial charge in [0.05, 0.1) is 0 Å². The average Bonchev–Trinajstić information content (AvgIpc) is 2.25. The Labute approximate surface area is 123 Å². The van der Waals surface area contributed by atoms with Crippen molar-refractivity contribution in [2.75, 3.05) is 3.52 Å². The van der Waals surface area contributed by atoms with Crippen LogP contribution in [-0.2, 0) is 0 Å². The van der Waals surface area contributed by atoms with Gasteiger partial charge in [0.15, 0.2) is 0 Å². The van der Waals surface area contributed by atoms with E-state index in [1.807, 2.05) is 0 Å². The molecule has 0 atom stereocenters. The van der Waals surface area contributed by atoms with Crippen LogP contribution in [-0.4, -0.2) is 25.0 Å². The second-order valence-corrected chi connectivity index (χ2v) is 13.3. The first-order valence-electron chi connectivity index (χ1n) is 6.80. The molecule has 0 aliphatic rings. The maximum atomic E-state index is 2.57. The first-order chi connectivity index (χ1) is 8.16. The van der Waals surface area contributed by atoms with Crippen LogP contribution in [0.25, 0.3) is 0 Å². The van der Waals surface area contributed by atoms with Crippen LogP contribution >= 0.6 is 0 Å². The van der Waals surface area contributed by atoms with Gasteiger partial charge in [-0.25, -0.2) is 0 Å². The molecular formula is C15H26GeNSi. The molecule has 0 bridgehead atoms. The van der Waals surface area contributed by atoms with Gasteiger partial charge in [-0.3, -0.25) is 0 Å². The van der Waals surface area contributed by atoms with Gasteiger partial charge in [0.25, 0.3) is 0 Å². The summed E-state index contributed by atoms with van der Waals surface area (Å²) < 4.78 is 2.57. The Hall–Kier alpha value is -0.220. The van der Waals surface area contributed by atoms with E-state index < -0.39 is 8.24 Å². The Kier molecular flexibility index (Phi) is 5.13. The normalized spacial score (nSPS) is 12.3. The van der Waals surface area contributed by atoms with Gasteiger partial charge in [0, 0.05) is 0 Å². The van der Waals surface area contributed by atoms with E-state index in [0.717, 1.165) is 0 Å². The van der Waals surface area contributed by atoms with E-state index in [-0.39, 0.29) is 0 Å². The predicted molar refractivity (Wildman–Crippen MR) is 86.2 cm³/mol. The van der Waals surface area contributed by atoms with Crippen LogP contribution in [0.1, 0.15) is 50.7 Å². The zero-order valence-electron chi connectivity index (χ0n) is 12.8. The molecule has 3 heteroatoms. The Morgan fingerprint density at radius 2 is 1.33 bits per heavy atom. The van der Waals surface area contributed by atoms with E-state index in [0.29, 0.717) is 11.8 Å². The fraction of sp³-hybridized carbons (Fsp3) is 0.600. The van der Waals surface area contributed by atoms with Gasteiger partial charge in [-0.05, 0) is 0 Å². The molecule has 0 aromatic heterocycles. The van der Waals surface area contributed by atoms with Crippen LogP contribution in [0.5, 0.6) is 0 Å². The molecule has 99 valence electrons. The van der Waals surface area contributed by atoms with Gasteiger partial charge in [-0.2, -0.15) is 0 Å². The monoisotopic (exact) mass is 322 g/mol. The number of anilines is 1. The zero-order chi connectivity index (χ0) is 14.1. The Morgan fingerprint density at radius 1 is 0.944 bits per heavy atom. The molecule has 0 aliphatic carbocycles. The van der Waals surface area contributed by atoms with Crippen molar-refractivity contribution in [2.24, 2.45) is 0 Å². The first kappa shape index (κ1) is 15.8. The van der Waals surface area contributed by atoms with Gasteiger partial charge < -0.3 is 0 Å². The molecule has 0 saturated carbocycles.